The maximum Gasteiger partial charge on any atom is 0.213 e. The van der Waals surface area contributed by atoms with Gasteiger partial charge in [-0.05, 0) is 12.3 Å². The van der Waals surface area contributed by atoms with Crippen molar-refractivity contribution in [2.45, 2.75) is 32.7 Å². The van der Waals surface area contributed by atoms with E-state index < -0.39 is 0 Å². The molecule has 1 aromatic rings. The van der Waals surface area contributed by atoms with Crippen LogP contribution < -0.4 is 5.32 Å². The summed E-state index contributed by atoms with van der Waals surface area (Å²) in [7, 11) is 0. The molecular weight excluding hydrogens is 236 g/mol. The molecule has 2 heterocycles. The summed E-state index contributed by atoms with van der Waals surface area (Å²) in [6, 6.07) is 0.573. The fourth-order valence-corrected chi connectivity index (χ4v) is 2.80. The first kappa shape index (κ1) is 12.4. The van der Waals surface area contributed by atoms with Crippen LogP contribution in [0.25, 0.3) is 0 Å². The van der Waals surface area contributed by atoms with Gasteiger partial charge in [0.05, 0.1) is 0 Å². The van der Waals surface area contributed by atoms with Gasteiger partial charge in [0, 0.05) is 24.8 Å². The summed E-state index contributed by atoms with van der Waals surface area (Å²) < 4.78 is 4.67. The van der Waals surface area contributed by atoms with Crippen LogP contribution in [0, 0.1) is 5.92 Å². The lowest BCUT2D eigenvalue weighted by Gasteiger charge is -2.11. The van der Waals surface area contributed by atoms with Crippen molar-refractivity contribution < 1.29 is 4.52 Å². The van der Waals surface area contributed by atoms with Crippen LogP contribution in [-0.2, 0) is 6.42 Å². The fourth-order valence-electron chi connectivity index (χ4n) is 1.78. The highest BCUT2D eigenvalue weighted by Gasteiger charge is 2.20. The van der Waals surface area contributed by atoms with Crippen molar-refractivity contribution in [2.75, 3.05) is 12.3 Å². The van der Waals surface area contributed by atoms with E-state index in [2.05, 4.69) is 38.8 Å². The Kier molecular flexibility index (Phi) is 4.42. The first-order chi connectivity index (χ1) is 8.24. The van der Waals surface area contributed by atoms with Crippen molar-refractivity contribution in [3.8, 4) is 0 Å². The van der Waals surface area contributed by atoms with Crippen LogP contribution in [-0.4, -0.2) is 33.6 Å². The van der Waals surface area contributed by atoms with Crippen LogP contribution in [0.3, 0.4) is 0 Å². The second kappa shape index (κ2) is 6.05. The summed E-state index contributed by atoms with van der Waals surface area (Å²) in [4.78, 5) is 8.46. The number of rotatable bonds is 5. The topological polar surface area (TPSA) is 63.3 Å². The van der Waals surface area contributed by atoms with Crippen molar-refractivity contribution in [1.29, 1.82) is 0 Å². The molecule has 0 amide bonds. The second-order valence-corrected chi connectivity index (χ2v) is 5.57. The molecule has 17 heavy (non-hydrogen) atoms. The second-order valence-electron chi connectivity index (χ2n) is 4.57. The van der Waals surface area contributed by atoms with E-state index in [1.165, 1.54) is 12.8 Å². The standard InChI is InChI=1S/C11H18N4OS/c1-8(2)5-9-6-17-11(14-9)12-4-3-10-13-7-16-15-10/h7-9H,3-6H2,1-2H3,(H,12,14). The molecule has 1 unspecified atom stereocenters. The van der Waals surface area contributed by atoms with E-state index in [1.54, 1.807) is 11.8 Å². The Hall–Kier alpha value is -1.04. The van der Waals surface area contributed by atoms with Gasteiger partial charge in [-0.25, -0.2) is 0 Å². The van der Waals surface area contributed by atoms with Crippen molar-refractivity contribution in [1.82, 2.24) is 15.5 Å². The minimum absolute atomic E-state index is 0.573. The Morgan fingerprint density at radius 2 is 2.53 bits per heavy atom. The molecule has 0 radical (unpaired) electrons. The first-order valence-electron chi connectivity index (χ1n) is 5.93. The van der Waals surface area contributed by atoms with Gasteiger partial charge in [-0.15, -0.1) is 0 Å². The highest BCUT2D eigenvalue weighted by molar-refractivity contribution is 8.14. The third-order valence-electron chi connectivity index (χ3n) is 2.50. The van der Waals surface area contributed by atoms with Crippen LogP contribution in [0.4, 0.5) is 0 Å². The molecule has 1 saturated heterocycles. The molecule has 1 aliphatic heterocycles. The molecule has 0 spiro atoms. The number of hydrogen-bond donors (Lipinski definition) is 1. The van der Waals surface area contributed by atoms with Gasteiger partial charge in [-0.2, -0.15) is 4.98 Å². The molecule has 1 N–H and O–H groups in total. The summed E-state index contributed by atoms with van der Waals surface area (Å²) in [5.41, 5.74) is 0. The Morgan fingerprint density at radius 3 is 3.24 bits per heavy atom. The van der Waals surface area contributed by atoms with Gasteiger partial charge in [-0.3, -0.25) is 4.99 Å². The summed E-state index contributed by atoms with van der Waals surface area (Å²) in [6.45, 7) is 5.21. The SMILES string of the molecule is CC(C)CC1CSC(=NCCc2ncon2)N1. The zero-order valence-electron chi connectivity index (χ0n) is 10.2. The van der Waals surface area contributed by atoms with Crippen molar-refractivity contribution in [3.05, 3.63) is 12.2 Å². The molecule has 1 fully saturated rings. The molecule has 5 nitrogen and oxygen atoms in total. The maximum absolute atomic E-state index is 4.67. The minimum atomic E-state index is 0.573. The molecule has 6 heteroatoms. The molecule has 0 aromatic carbocycles. The average molecular weight is 254 g/mol. The summed E-state index contributed by atoms with van der Waals surface area (Å²) >= 11 is 1.80. The van der Waals surface area contributed by atoms with Crippen molar-refractivity contribution in [2.24, 2.45) is 10.9 Å². The summed E-state index contributed by atoms with van der Waals surface area (Å²) in [5, 5.41) is 8.26. The van der Waals surface area contributed by atoms with Gasteiger partial charge < -0.3 is 9.84 Å². The van der Waals surface area contributed by atoms with E-state index in [0.717, 1.165) is 29.1 Å². The zero-order chi connectivity index (χ0) is 12.1. The van der Waals surface area contributed by atoms with E-state index in [9.17, 15) is 0 Å². The fraction of sp³-hybridized carbons (Fsp3) is 0.727. The Labute approximate surface area is 105 Å². The summed E-state index contributed by atoms with van der Waals surface area (Å²) in [6.07, 6.45) is 3.29. The number of nitrogens with one attached hydrogen (secondary N) is 1. The van der Waals surface area contributed by atoms with Crippen LogP contribution in [0.2, 0.25) is 0 Å². The maximum atomic E-state index is 4.67. The number of hydrogen-bond acceptors (Lipinski definition) is 5. The van der Waals surface area contributed by atoms with Gasteiger partial charge in [0.15, 0.2) is 11.0 Å². The number of aromatic nitrogens is 2. The molecule has 2 rings (SSSR count). The Bertz CT molecular complexity index is 364. The normalized spacial score (nSPS) is 22.3. The molecule has 0 bridgehead atoms. The van der Waals surface area contributed by atoms with Gasteiger partial charge in [0.2, 0.25) is 6.39 Å². The lowest BCUT2D eigenvalue weighted by Crippen LogP contribution is -2.28. The average Bonchev–Trinajstić information content (AvgIpc) is 2.89. The minimum Gasteiger partial charge on any atom is -0.361 e. The quantitative estimate of drug-likeness (QED) is 0.866. The van der Waals surface area contributed by atoms with Crippen LogP contribution in [0.15, 0.2) is 15.9 Å². The third kappa shape index (κ3) is 4.03. The number of amidine groups is 1. The number of nitrogens with zero attached hydrogens (tertiary/aromatic N) is 3. The van der Waals surface area contributed by atoms with Gasteiger partial charge in [0.1, 0.15) is 0 Å². The Balaban J connectivity index is 1.72. The van der Waals surface area contributed by atoms with Gasteiger partial charge in [0.25, 0.3) is 0 Å². The molecule has 0 aliphatic carbocycles. The molecular formula is C11H18N4OS. The Morgan fingerprint density at radius 1 is 1.65 bits per heavy atom. The third-order valence-corrected chi connectivity index (χ3v) is 3.59. The lowest BCUT2D eigenvalue weighted by molar-refractivity contribution is 0.410. The van der Waals surface area contributed by atoms with Gasteiger partial charge >= 0.3 is 0 Å². The summed E-state index contributed by atoms with van der Waals surface area (Å²) in [5.74, 6) is 2.57. The van der Waals surface area contributed by atoms with Crippen molar-refractivity contribution in [3.63, 3.8) is 0 Å². The first-order valence-corrected chi connectivity index (χ1v) is 6.91. The molecule has 94 valence electrons. The number of aliphatic imine (C=N–C) groups is 1. The highest BCUT2D eigenvalue weighted by atomic mass is 32.2. The smallest absolute Gasteiger partial charge is 0.213 e. The molecule has 0 saturated carbocycles. The van der Waals surface area contributed by atoms with E-state index >= 15 is 0 Å². The predicted molar refractivity (Wildman–Crippen MR) is 69.1 cm³/mol. The van der Waals surface area contributed by atoms with E-state index in [-0.39, 0.29) is 0 Å². The van der Waals surface area contributed by atoms with E-state index in [0.29, 0.717) is 12.6 Å². The largest absolute Gasteiger partial charge is 0.361 e. The van der Waals surface area contributed by atoms with Crippen LogP contribution >= 0.6 is 11.8 Å². The lowest BCUT2D eigenvalue weighted by atomic mass is 10.1. The predicted octanol–water partition coefficient (Wildman–Crippen LogP) is 1.72. The molecule has 1 atom stereocenters. The monoisotopic (exact) mass is 254 g/mol. The number of thioether (sulfide) groups is 1. The van der Waals surface area contributed by atoms with Crippen LogP contribution in [0.5, 0.6) is 0 Å². The zero-order valence-corrected chi connectivity index (χ0v) is 11.0. The van der Waals surface area contributed by atoms with Crippen LogP contribution in [0.1, 0.15) is 26.1 Å². The highest BCUT2D eigenvalue weighted by Crippen LogP contribution is 2.18. The van der Waals surface area contributed by atoms with E-state index in [1.807, 2.05) is 0 Å². The molecule has 1 aliphatic rings. The van der Waals surface area contributed by atoms with E-state index in [4.69, 9.17) is 0 Å². The molecule has 1 aromatic heterocycles. The van der Waals surface area contributed by atoms with Gasteiger partial charge in [-0.1, -0.05) is 30.8 Å². The van der Waals surface area contributed by atoms with Crippen molar-refractivity contribution >= 4 is 16.9 Å².